The van der Waals surface area contributed by atoms with Crippen molar-refractivity contribution in [2.75, 3.05) is 19.7 Å². The Hall–Kier alpha value is -3.42. The number of nitrogens with one attached hydrogen (secondary N) is 2. The van der Waals surface area contributed by atoms with Crippen LogP contribution in [0.1, 0.15) is 31.9 Å². The molecule has 2 amide bonds. The molecule has 0 aliphatic carbocycles. The van der Waals surface area contributed by atoms with E-state index in [1.165, 1.54) is 5.01 Å². The van der Waals surface area contributed by atoms with Crippen molar-refractivity contribution in [1.82, 2.24) is 25.6 Å². The topological polar surface area (TPSA) is 69.7 Å². The van der Waals surface area contributed by atoms with Crippen LogP contribution in [0.15, 0.2) is 54.7 Å². The molecule has 0 spiro atoms. The van der Waals surface area contributed by atoms with Crippen molar-refractivity contribution in [1.29, 1.82) is 0 Å². The van der Waals surface area contributed by atoms with E-state index in [9.17, 15) is 4.79 Å². The van der Waals surface area contributed by atoms with E-state index in [-0.39, 0.29) is 12.1 Å². The highest BCUT2D eigenvalue weighted by Crippen LogP contribution is 2.32. The molecule has 186 valence electrons. The average molecular weight is 524 g/mol. The van der Waals surface area contributed by atoms with Gasteiger partial charge in [0.25, 0.3) is 0 Å². The largest absolute Gasteiger partial charge is 0.493 e. The molecule has 3 aromatic rings. The monoisotopic (exact) mass is 523 g/mol. The van der Waals surface area contributed by atoms with Gasteiger partial charge in [0.05, 0.1) is 12.6 Å². The van der Waals surface area contributed by atoms with Crippen molar-refractivity contribution in [3.8, 4) is 16.9 Å². The van der Waals surface area contributed by atoms with Crippen molar-refractivity contribution in [2.24, 2.45) is 0 Å². The first-order valence-corrected chi connectivity index (χ1v) is 12.7. The molecule has 0 unspecified atom stereocenters. The summed E-state index contributed by atoms with van der Waals surface area (Å²) >= 11 is 12.6. The van der Waals surface area contributed by atoms with Gasteiger partial charge in [0.1, 0.15) is 11.1 Å². The predicted molar refractivity (Wildman–Crippen MR) is 143 cm³/mol. The minimum atomic E-state index is -0.265. The lowest BCUT2D eigenvalue weighted by atomic mass is 10.0. The lowest BCUT2D eigenvalue weighted by Gasteiger charge is -2.36. The molecule has 1 aromatic heterocycles. The van der Waals surface area contributed by atoms with Crippen LogP contribution in [0.4, 0.5) is 4.79 Å². The normalized spacial score (nSPS) is 16.2. The van der Waals surface area contributed by atoms with E-state index >= 15 is 0 Å². The van der Waals surface area contributed by atoms with Gasteiger partial charge >= 0.3 is 6.03 Å². The highest BCUT2D eigenvalue weighted by atomic mass is 35.5. The molecule has 36 heavy (non-hydrogen) atoms. The van der Waals surface area contributed by atoms with Crippen LogP contribution in [0.3, 0.4) is 0 Å². The molecule has 2 N–H and O–H groups in total. The molecular weight excluding hydrogens is 497 g/mol. The van der Waals surface area contributed by atoms with Gasteiger partial charge in [-0.1, -0.05) is 41.4 Å². The quantitative estimate of drug-likeness (QED) is 0.523. The number of hydrogen-bond acceptors (Lipinski definition) is 5. The van der Waals surface area contributed by atoms with Crippen molar-refractivity contribution >= 4 is 41.3 Å². The Morgan fingerprint density at radius 3 is 2.67 bits per heavy atom. The standard InChI is InChI=1S/C27H27Cl2N5O2/c1-3-33(4-2)26-25-22(20(9-11-30-25)17-13-18(28)15-19(29)14-17)16-31-34(26)27(35)32-23-10-12-36-24-8-6-5-7-21(23)24/h5-9,11,13-16,23,31H,3-4,10,12H2,1-2H3,(H,32,35)/t23-/m0/s1. The second-order valence-corrected chi connectivity index (χ2v) is 9.43. The minimum absolute atomic E-state index is 0.156. The van der Waals surface area contributed by atoms with Gasteiger partial charge in [-0.15, -0.1) is 0 Å². The SMILES string of the molecule is CCN(CC)C1=c2nccc(-c3cc(Cl)cc(Cl)c3)c2=CNN1C(=O)N[C@H]1CCOc2ccccc21. The van der Waals surface area contributed by atoms with Gasteiger partial charge in [0.15, 0.2) is 5.82 Å². The lowest BCUT2D eigenvalue weighted by Crippen LogP contribution is -2.57. The van der Waals surface area contributed by atoms with Gasteiger partial charge in [0, 0.05) is 52.7 Å². The van der Waals surface area contributed by atoms with Crippen LogP contribution in [0.5, 0.6) is 5.75 Å². The number of hydrazine groups is 1. The second-order valence-electron chi connectivity index (χ2n) is 8.56. The Balaban J connectivity index is 1.58. The number of pyridine rings is 1. The van der Waals surface area contributed by atoms with Crippen molar-refractivity contribution < 1.29 is 9.53 Å². The number of fused-ring (bicyclic) bond motifs is 2. The lowest BCUT2D eigenvalue weighted by molar-refractivity contribution is 0.186. The van der Waals surface area contributed by atoms with Gasteiger partial charge < -0.3 is 15.0 Å². The molecule has 2 aromatic carbocycles. The molecule has 1 atom stereocenters. The van der Waals surface area contributed by atoms with Gasteiger partial charge in [0.2, 0.25) is 0 Å². The number of hydrogen-bond donors (Lipinski definition) is 2. The molecule has 9 heteroatoms. The Labute approximate surface area is 219 Å². The summed E-state index contributed by atoms with van der Waals surface area (Å²) in [7, 11) is 0. The molecule has 7 nitrogen and oxygen atoms in total. The van der Waals surface area contributed by atoms with Crippen LogP contribution < -0.4 is 26.0 Å². The number of benzene rings is 2. The van der Waals surface area contributed by atoms with Gasteiger partial charge in [-0.25, -0.2) is 4.79 Å². The van der Waals surface area contributed by atoms with E-state index in [2.05, 4.69) is 29.5 Å². The van der Waals surface area contributed by atoms with E-state index in [1.807, 2.05) is 42.5 Å². The van der Waals surface area contributed by atoms with Gasteiger partial charge in [-0.3, -0.25) is 10.4 Å². The maximum absolute atomic E-state index is 13.7. The van der Waals surface area contributed by atoms with Crippen molar-refractivity contribution in [3.05, 3.63) is 80.9 Å². The molecule has 0 saturated heterocycles. The highest BCUT2D eigenvalue weighted by molar-refractivity contribution is 6.35. The number of carbonyl (C=O) groups excluding carboxylic acids is 1. The van der Waals surface area contributed by atoms with E-state index in [0.717, 1.165) is 27.7 Å². The first-order chi connectivity index (χ1) is 17.5. The average Bonchev–Trinajstić information content (AvgIpc) is 2.88. The third-order valence-electron chi connectivity index (χ3n) is 6.45. The van der Waals surface area contributed by atoms with Crippen LogP contribution in [-0.4, -0.2) is 40.6 Å². The number of para-hydroxylation sites is 1. The van der Waals surface area contributed by atoms with Crippen molar-refractivity contribution in [3.63, 3.8) is 0 Å². The van der Waals surface area contributed by atoms with E-state index < -0.39 is 0 Å². The predicted octanol–water partition coefficient (Wildman–Crippen LogP) is 4.25. The van der Waals surface area contributed by atoms with Crippen LogP contribution in [-0.2, 0) is 0 Å². The first kappa shape index (κ1) is 24.3. The summed E-state index contributed by atoms with van der Waals surface area (Å²) in [5.41, 5.74) is 5.97. The summed E-state index contributed by atoms with van der Waals surface area (Å²) in [5, 5.41) is 7.39. The summed E-state index contributed by atoms with van der Waals surface area (Å²) in [6, 6.07) is 14.8. The number of carbonyl (C=O) groups is 1. The summed E-state index contributed by atoms with van der Waals surface area (Å²) in [5.74, 6) is 1.49. The molecule has 5 rings (SSSR count). The number of aromatic nitrogens is 1. The molecule has 2 aliphatic rings. The fourth-order valence-electron chi connectivity index (χ4n) is 4.73. The van der Waals surface area contributed by atoms with Gasteiger partial charge in [-0.05, 0) is 55.3 Å². The fourth-order valence-corrected chi connectivity index (χ4v) is 5.26. The maximum Gasteiger partial charge on any atom is 0.342 e. The van der Waals surface area contributed by atoms with Crippen LogP contribution in [0, 0.1) is 0 Å². The van der Waals surface area contributed by atoms with E-state index in [4.69, 9.17) is 32.9 Å². The molecular formula is C27H27Cl2N5O2. The Kier molecular flexibility index (Phi) is 6.94. The smallest absolute Gasteiger partial charge is 0.342 e. The molecule has 0 bridgehead atoms. The molecule has 0 radical (unpaired) electrons. The van der Waals surface area contributed by atoms with Crippen molar-refractivity contribution in [2.45, 2.75) is 26.3 Å². The zero-order chi connectivity index (χ0) is 25.2. The highest BCUT2D eigenvalue weighted by Gasteiger charge is 2.30. The Morgan fingerprint density at radius 2 is 1.92 bits per heavy atom. The number of nitrogens with zero attached hydrogens (tertiary/aromatic N) is 3. The molecule has 0 fully saturated rings. The molecule has 3 heterocycles. The van der Waals surface area contributed by atoms with E-state index in [0.29, 0.717) is 47.3 Å². The number of halogens is 2. The minimum Gasteiger partial charge on any atom is -0.493 e. The Morgan fingerprint density at radius 1 is 1.17 bits per heavy atom. The van der Waals surface area contributed by atoms with Gasteiger partial charge in [-0.2, -0.15) is 5.01 Å². The molecule has 0 saturated carbocycles. The number of amides is 2. The summed E-state index contributed by atoms with van der Waals surface area (Å²) in [4.78, 5) is 20.5. The summed E-state index contributed by atoms with van der Waals surface area (Å²) < 4.78 is 5.76. The zero-order valence-corrected chi connectivity index (χ0v) is 21.6. The fraction of sp³-hybridized carbons (Fsp3) is 0.259. The van der Waals surface area contributed by atoms with E-state index in [1.54, 1.807) is 18.5 Å². The van der Waals surface area contributed by atoms with Crippen LogP contribution in [0.25, 0.3) is 23.1 Å². The maximum atomic E-state index is 13.7. The van der Waals surface area contributed by atoms with Crippen LogP contribution >= 0.6 is 23.2 Å². The number of urea groups is 1. The van der Waals surface area contributed by atoms with Crippen LogP contribution in [0.2, 0.25) is 10.0 Å². The zero-order valence-electron chi connectivity index (χ0n) is 20.1. The molecule has 2 aliphatic heterocycles. The third kappa shape index (κ3) is 4.56. The number of ether oxygens (including phenoxy) is 1. The third-order valence-corrected chi connectivity index (χ3v) is 6.88. The second kappa shape index (κ2) is 10.3. The first-order valence-electron chi connectivity index (χ1n) is 12.0. The number of rotatable bonds is 5. The Bertz CT molecular complexity index is 1400. The summed E-state index contributed by atoms with van der Waals surface area (Å²) in [6.45, 7) is 6.06. The summed E-state index contributed by atoms with van der Waals surface area (Å²) in [6.07, 6.45) is 4.24.